The van der Waals surface area contributed by atoms with Crippen molar-refractivity contribution in [1.82, 2.24) is 9.62 Å². The maximum atomic E-state index is 12.1. The molecule has 8 heteroatoms. The van der Waals surface area contributed by atoms with Gasteiger partial charge in [-0.1, -0.05) is 12.1 Å². The fraction of sp³-hybridized carbons (Fsp3) is 0.429. The van der Waals surface area contributed by atoms with E-state index in [0.717, 1.165) is 4.90 Å². The number of carbonyl (C=O) groups excluding carboxylic acids is 2. The number of imide groups is 1. The number of amides is 2. The molecule has 0 spiro atoms. The van der Waals surface area contributed by atoms with Crippen molar-refractivity contribution in [1.29, 1.82) is 0 Å². The van der Waals surface area contributed by atoms with Gasteiger partial charge in [-0.25, -0.2) is 13.1 Å². The molecule has 0 unspecified atom stereocenters. The van der Waals surface area contributed by atoms with Crippen molar-refractivity contribution >= 4 is 21.8 Å². The summed E-state index contributed by atoms with van der Waals surface area (Å²) in [5, 5.41) is 9.52. The summed E-state index contributed by atoms with van der Waals surface area (Å²) in [6.07, 6.45) is 0. The number of hydrogen-bond donors (Lipinski definition) is 2. The molecular formula is C14H18N2O5S. The average Bonchev–Trinajstić information content (AvgIpc) is 2.67. The Kier molecular flexibility index (Phi) is 4.37. The number of nitrogens with one attached hydrogen (secondary N) is 1. The molecule has 22 heavy (non-hydrogen) atoms. The highest BCUT2D eigenvalue weighted by molar-refractivity contribution is 7.89. The highest BCUT2D eigenvalue weighted by Crippen LogP contribution is 2.22. The Morgan fingerprint density at radius 2 is 1.64 bits per heavy atom. The SMILES string of the molecule is CC(C)(O)CNS(=O)(=O)CCN1C(=O)c2ccccc2C1=O. The van der Waals surface area contributed by atoms with Gasteiger partial charge in [-0.2, -0.15) is 0 Å². The summed E-state index contributed by atoms with van der Waals surface area (Å²) in [6.45, 7) is 2.57. The lowest BCUT2D eigenvalue weighted by molar-refractivity contribution is 0.0662. The van der Waals surface area contributed by atoms with Crippen LogP contribution in [0.4, 0.5) is 0 Å². The zero-order valence-corrected chi connectivity index (χ0v) is 13.2. The van der Waals surface area contributed by atoms with Gasteiger partial charge >= 0.3 is 0 Å². The van der Waals surface area contributed by atoms with E-state index in [2.05, 4.69) is 4.72 Å². The Morgan fingerprint density at radius 1 is 1.14 bits per heavy atom. The van der Waals surface area contributed by atoms with Crippen molar-refractivity contribution in [3.8, 4) is 0 Å². The first-order valence-corrected chi connectivity index (χ1v) is 8.41. The highest BCUT2D eigenvalue weighted by Gasteiger charge is 2.35. The average molecular weight is 326 g/mol. The minimum Gasteiger partial charge on any atom is -0.389 e. The van der Waals surface area contributed by atoms with E-state index in [0.29, 0.717) is 0 Å². The standard InChI is InChI=1S/C14H18N2O5S/c1-14(2,19)9-15-22(20,21)8-7-16-12(17)10-5-3-4-6-11(10)13(16)18/h3-6,15,19H,7-9H2,1-2H3. The predicted molar refractivity (Wildman–Crippen MR) is 79.9 cm³/mol. The highest BCUT2D eigenvalue weighted by atomic mass is 32.2. The summed E-state index contributed by atoms with van der Waals surface area (Å²) in [5.41, 5.74) is -0.605. The van der Waals surface area contributed by atoms with Crippen molar-refractivity contribution in [2.45, 2.75) is 19.4 Å². The van der Waals surface area contributed by atoms with Crippen molar-refractivity contribution < 1.29 is 23.1 Å². The van der Waals surface area contributed by atoms with Crippen LogP contribution in [0.5, 0.6) is 0 Å². The molecule has 1 aliphatic rings. The Labute approximate surface area is 129 Å². The minimum atomic E-state index is -3.69. The normalized spacial score (nSPS) is 15.3. The van der Waals surface area contributed by atoms with Crippen molar-refractivity contribution in [3.63, 3.8) is 0 Å². The monoisotopic (exact) mass is 326 g/mol. The quantitative estimate of drug-likeness (QED) is 0.715. The lowest BCUT2D eigenvalue weighted by Crippen LogP contribution is -2.42. The van der Waals surface area contributed by atoms with Crippen molar-refractivity contribution in [2.24, 2.45) is 0 Å². The fourth-order valence-corrected chi connectivity index (χ4v) is 3.15. The number of benzene rings is 1. The summed E-state index contributed by atoms with van der Waals surface area (Å²) in [7, 11) is -3.69. The third-order valence-corrected chi connectivity index (χ3v) is 4.49. The van der Waals surface area contributed by atoms with Gasteiger partial charge in [0.15, 0.2) is 0 Å². The Morgan fingerprint density at radius 3 is 2.09 bits per heavy atom. The molecule has 1 aliphatic heterocycles. The molecule has 2 rings (SSSR count). The number of carbonyl (C=O) groups is 2. The Hall–Kier alpha value is -1.77. The number of fused-ring (bicyclic) bond motifs is 1. The van der Waals surface area contributed by atoms with Crippen LogP contribution in [0.1, 0.15) is 34.6 Å². The third kappa shape index (κ3) is 3.70. The van der Waals surface area contributed by atoms with Crippen LogP contribution in [-0.4, -0.2) is 54.7 Å². The Balaban J connectivity index is 2.01. The largest absolute Gasteiger partial charge is 0.389 e. The molecule has 0 saturated heterocycles. The second-order valence-electron chi connectivity index (χ2n) is 5.76. The summed E-state index contributed by atoms with van der Waals surface area (Å²) >= 11 is 0. The first kappa shape index (κ1) is 16.6. The van der Waals surface area contributed by atoms with E-state index in [-0.39, 0.29) is 24.2 Å². The zero-order valence-electron chi connectivity index (χ0n) is 12.4. The smallest absolute Gasteiger partial charge is 0.261 e. The van der Waals surface area contributed by atoms with Crippen LogP contribution in [0.3, 0.4) is 0 Å². The lowest BCUT2D eigenvalue weighted by atomic mass is 10.1. The summed E-state index contributed by atoms with van der Waals surface area (Å²) in [4.78, 5) is 25.1. The van der Waals surface area contributed by atoms with Crippen LogP contribution in [0.25, 0.3) is 0 Å². The molecule has 1 aromatic carbocycles. The third-order valence-electron chi connectivity index (χ3n) is 3.19. The molecule has 7 nitrogen and oxygen atoms in total. The number of hydrogen-bond acceptors (Lipinski definition) is 5. The molecule has 1 aromatic rings. The molecule has 1 heterocycles. The number of nitrogens with zero attached hydrogens (tertiary/aromatic N) is 1. The summed E-state index contributed by atoms with van der Waals surface area (Å²) < 4.78 is 25.9. The lowest BCUT2D eigenvalue weighted by Gasteiger charge is -2.19. The molecule has 0 aromatic heterocycles. The second-order valence-corrected chi connectivity index (χ2v) is 7.69. The van der Waals surface area contributed by atoms with Gasteiger partial charge in [0.1, 0.15) is 0 Å². The Bertz CT molecular complexity index is 671. The maximum absolute atomic E-state index is 12.1. The van der Waals surface area contributed by atoms with E-state index in [9.17, 15) is 23.1 Å². The summed E-state index contributed by atoms with van der Waals surface area (Å²) in [5.74, 6) is -1.38. The van der Waals surface area contributed by atoms with Crippen molar-refractivity contribution in [3.05, 3.63) is 35.4 Å². The van der Waals surface area contributed by atoms with E-state index in [1.807, 2.05) is 0 Å². The van der Waals surface area contributed by atoms with Gasteiger partial charge in [0.2, 0.25) is 10.0 Å². The molecule has 0 saturated carbocycles. The number of rotatable bonds is 6. The van der Waals surface area contributed by atoms with Crippen LogP contribution in [0.15, 0.2) is 24.3 Å². The first-order valence-electron chi connectivity index (χ1n) is 6.76. The minimum absolute atomic E-state index is 0.141. The van der Waals surface area contributed by atoms with Crippen LogP contribution in [0.2, 0.25) is 0 Å². The van der Waals surface area contributed by atoms with Gasteiger partial charge < -0.3 is 5.11 Å². The molecule has 2 N–H and O–H groups in total. The van der Waals surface area contributed by atoms with Gasteiger partial charge in [0.25, 0.3) is 11.8 Å². The van der Waals surface area contributed by atoms with Gasteiger partial charge in [-0.15, -0.1) is 0 Å². The van der Waals surface area contributed by atoms with E-state index in [1.165, 1.54) is 26.0 Å². The first-order chi connectivity index (χ1) is 10.1. The van der Waals surface area contributed by atoms with E-state index >= 15 is 0 Å². The molecule has 0 atom stereocenters. The van der Waals surface area contributed by atoms with Gasteiger partial charge in [0.05, 0.1) is 22.5 Å². The van der Waals surface area contributed by atoms with Crippen LogP contribution in [-0.2, 0) is 10.0 Å². The van der Waals surface area contributed by atoms with Gasteiger partial charge in [-0.3, -0.25) is 14.5 Å². The fourth-order valence-electron chi connectivity index (χ4n) is 2.01. The molecule has 2 amide bonds. The van der Waals surface area contributed by atoms with Crippen LogP contribution in [0, 0.1) is 0 Å². The maximum Gasteiger partial charge on any atom is 0.261 e. The predicted octanol–water partition coefficient (Wildman–Crippen LogP) is -0.0271. The second kappa shape index (κ2) is 5.79. The van der Waals surface area contributed by atoms with E-state index in [1.54, 1.807) is 12.1 Å². The number of sulfonamides is 1. The van der Waals surface area contributed by atoms with E-state index < -0.39 is 33.2 Å². The van der Waals surface area contributed by atoms with Gasteiger partial charge in [-0.05, 0) is 26.0 Å². The van der Waals surface area contributed by atoms with Crippen LogP contribution >= 0.6 is 0 Å². The van der Waals surface area contributed by atoms with Crippen LogP contribution < -0.4 is 4.72 Å². The molecule has 0 fully saturated rings. The van der Waals surface area contributed by atoms with Crippen molar-refractivity contribution in [2.75, 3.05) is 18.8 Å². The molecular weight excluding hydrogens is 308 g/mol. The molecule has 0 aliphatic carbocycles. The van der Waals surface area contributed by atoms with Gasteiger partial charge in [0, 0.05) is 13.1 Å². The zero-order chi connectivity index (χ0) is 16.5. The van der Waals surface area contributed by atoms with E-state index in [4.69, 9.17) is 0 Å². The summed E-state index contributed by atoms with van der Waals surface area (Å²) in [6, 6.07) is 6.37. The molecule has 0 radical (unpaired) electrons. The number of aliphatic hydroxyl groups is 1. The molecule has 120 valence electrons. The molecule has 0 bridgehead atoms. The topological polar surface area (TPSA) is 104 Å².